The summed E-state index contributed by atoms with van der Waals surface area (Å²) < 4.78 is 1.30. The minimum atomic E-state index is 0.583. The summed E-state index contributed by atoms with van der Waals surface area (Å²) in [6.07, 6.45) is 14.9. The SMILES string of the molecule is C=CC(C)CC=CC(C)CC=CC(C)CCSC1=NCCS1. The fourth-order valence-corrected chi connectivity index (χ4v) is 4.28. The maximum atomic E-state index is 4.48. The van der Waals surface area contributed by atoms with Gasteiger partial charge in [0.05, 0.1) is 6.54 Å². The normalized spacial score (nSPS) is 19.5. The Labute approximate surface area is 145 Å². The fourth-order valence-electron chi connectivity index (χ4n) is 2.06. The molecule has 1 heterocycles. The second-order valence-corrected chi connectivity index (χ2v) is 8.55. The lowest BCUT2D eigenvalue weighted by Crippen LogP contribution is -1.95. The van der Waals surface area contributed by atoms with Crippen LogP contribution in [0.1, 0.15) is 40.0 Å². The quantitative estimate of drug-likeness (QED) is 0.440. The molecular formula is C19H31NS2. The van der Waals surface area contributed by atoms with Gasteiger partial charge in [-0.3, -0.25) is 4.99 Å². The minimum Gasteiger partial charge on any atom is -0.271 e. The number of aliphatic imine (C=N–C) groups is 1. The lowest BCUT2D eigenvalue weighted by molar-refractivity contribution is 0.684. The highest BCUT2D eigenvalue weighted by molar-refractivity contribution is 8.39. The first-order valence-electron chi connectivity index (χ1n) is 8.37. The van der Waals surface area contributed by atoms with Crippen LogP contribution in [-0.2, 0) is 0 Å². The van der Waals surface area contributed by atoms with E-state index in [1.54, 1.807) is 0 Å². The maximum Gasteiger partial charge on any atom is 0.124 e. The topological polar surface area (TPSA) is 12.4 Å². The van der Waals surface area contributed by atoms with Crippen LogP contribution in [0, 0.1) is 17.8 Å². The van der Waals surface area contributed by atoms with E-state index >= 15 is 0 Å². The van der Waals surface area contributed by atoms with Gasteiger partial charge in [-0.15, -0.1) is 6.58 Å². The van der Waals surface area contributed by atoms with Gasteiger partial charge in [0.1, 0.15) is 4.38 Å². The number of hydrogen-bond donors (Lipinski definition) is 0. The zero-order valence-electron chi connectivity index (χ0n) is 14.3. The molecule has 3 unspecified atom stereocenters. The minimum absolute atomic E-state index is 0.583. The van der Waals surface area contributed by atoms with Gasteiger partial charge in [-0.2, -0.15) is 0 Å². The molecule has 3 atom stereocenters. The van der Waals surface area contributed by atoms with Gasteiger partial charge in [0.15, 0.2) is 0 Å². The Balaban J connectivity index is 2.10. The molecule has 0 saturated heterocycles. The maximum absolute atomic E-state index is 4.48. The van der Waals surface area contributed by atoms with Crippen LogP contribution in [0.2, 0.25) is 0 Å². The van der Waals surface area contributed by atoms with Crippen molar-refractivity contribution in [1.29, 1.82) is 0 Å². The molecule has 0 amide bonds. The second-order valence-electron chi connectivity index (χ2n) is 6.13. The van der Waals surface area contributed by atoms with Crippen LogP contribution in [0.4, 0.5) is 0 Å². The molecule has 1 aliphatic heterocycles. The van der Waals surface area contributed by atoms with Gasteiger partial charge in [0.25, 0.3) is 0 Å². The van der Waals surface area contributed by atoms with Gasteiger partial charge in [0, 0.05) is 11.5 Å². The van der Waals surface area contributed by atoms with Crippen molar-refractivity contribution in [2.45, 2.75) is 40.0 Å². The number of thioether (sulfide) groups is 2. The fraction of sp³-hybridized carbons (Fsp3) is 0.632. The van der Waals surface area contributed by atoms with Crippen molar-refractivity contribution in [3.63, 3.8) is 0 Å². The van der Waals surface area contributed by atoms with Crippen molar-refractivity contribution in [2.24, 2.45) is 22.7 Å². The van der Waals surface area contributed by atoms with Crippen molar-refractivity contribution >= 4 is 27.9 Å². The molecule has 124 valence electrons. The molecule has 1 nitrogen and oxygen atoms in total. The van der Waals surface area contributed by atoms with E-state index in [-0.39, 0.29) is 0 Å². The Morgan fingerprint density at radius 1 is 1.14 bits per heavy atom. The zero-order valence-corrected chi connectivity index (χ0v) is 16.0. The summed E-state index contributed by atoms with van der Waals surface area (Å²) in [4.78, 5) is 4.48. The van der Waals surface area contributed by atoms with E-state index in [1.165, 1.54) is 22.3 Å². The molecule has 3 heteroatoms. The Kier molecular flexibility index (Phi) is 10.8. The number of hydrogen-bond acceptors (Lipinski definition) is 3. The Hall–Kier alpha value is -0.410. The summed E-state index contributed by atoms with van der Waals surface area (Å²) in [5, 5.41) is 0. The summed E-state index contributed by atoms with van der Waals surface area (Å²) in [6.45, 7) is 11.6. The van der Waals surface area contributed by atoms with Crippen molar-refractivity contribution in [1.82, 2.24) is 0 Å². The van der Waals surface area contributed by atoms with Crippen molar-refractivity contribution in [3.05, 3.63) is 37.0 Å². The van der Waals surface area contributed by atoms with E-state index in [1.807, 2.05) is 29.6 Å². The van der Waals surface area contributed by atoms with Gasteiger partial charge < -0.3 is 0 Å². The van der Waals surface area contributed by atoms with Crippen LogP contribution in [0.15, 0.2) is 42.0 Å². The molecule has 0 fully saturated rings. The molecule has 0 radical (unpaired) electrons. The van der Waals surface area contributed by atoms with Crippen LogP contribution in [0.5, 0.6) is 0 Å². The molecule has 0 aromatic rings. The molecule has 0 aromatic carbocycles. The number of nitrogens with zero attached hydrogens (tertiary/aromatic N) is 1. The first kappa shape index (κ1) is 19.6. The van der Waals surface area contributed by atoms with Gasteiger partial charge >= 0.3 is 0 Å². The van der Waals surface area contributed by atoms with E-state index in [9.17, 15) is 0 Å². The summed E-state index contributed by atoms with van der Waals surface area (Å²) in [5.41, 5.74) is 0. The monoisotopic (exact) mass is 337 g/mol. The van der Waals surface area contributed by atoms with Crippen LogP contribution < -0.4 is 0 Å². The first-order valence-corrected chi connectivity index (χ1v) is 10.3. The molecule has 22 heavy (non-hydrogen) atoms. The highest BCUT2D eigenvalue weighted by Crippen LogP contribution is 2.23. The van der Waals surface area contributed by atoms with Crippen molar-refractivity contribution < 1.29 is 0 Å². The first-order chi connectivity index (χ1) is 10.6. The van der Waals surface area contributed by atoms with Crippen LogP contribution in [0.25, 0.3) is 0 Å². The number of rotatable bonds is 10. The largest absolute Gasteiger partial charge is 0.271 e. The lowest BCUT2D eigenvalue weighted by atomic mass is 10.0. The third-order valence-corrected chi connectivity index (χ3v) is 5.99. The summed E-state index contributed by atoms with van der Waals surface area (Å²) in [6, 6.07) is 0. The van der Waals surface area contributed by atoms with E-state index in [4.69, 9.17) is 0 Å². The third-order valence-electron chi connectivity index (χ3n) is 3.70. The van der Waals surface area contributed by atoms with E-state index in [0.717, 1.165) is 19.4 Å². The molecule has 1 rings (SSSR count). The van der Waals surface area contributed by atoms with E-state index in [0.29, 0.717) is 17.8 Å². The summed E-state index contributed by atoms with van der Waals surface area (Å²) in [5.74, 6) is 4.23. The molecule has 0 N–H and O–H groups in total. The van der Waals surface area contributed by atoms with Crippen LogP contribution in [0.3, 0.4) is 0 Å². The van der Waals surface area contributed by atoms with Gasteiger partial charge in [0.2, 0.25) is 0 Å². The zero-order chi connectivity index (χ0) is 16.2. The van der Waals surface area contributed by atoms with Crippen molar-refractivity contribution in [3.8, 4) is 0 Å². The molecule has 0 bridgehead atoms. The third kappa shape index (κ3) is 9.58. The predicted octanol–water partition coefficient (Wildman–Crippen LogP) is 6.20. The van der Waals surface area contributed by atoms with Crippen molar-refractivity contribution in [2.75, 3.05) is 18.1 Å². The summed E-state index contributed by atoms with van der Waals surface area (Å²) in [7, 11) is 0. The molecule has 0 spiro atoms. The summed E-state index contributed by atoms with van der Waals surface area (Å²) >= 11 is 3.84. The molecular weight excluding hydrogens is 306 g/mol. The highest BCUT2D eigenvalue weighted by Gasteiger charge is 2.07. The molecule has 0 saturated carbocycles. The average molecular weight is 338 g/mol. The molecule has 0 aromatic heterocycles. The molecule has 0 aliphatic carbocycles. The van der Waals surface area contributed by atoms with Gasteiger partial charge in [-0.1, -0.05) is 74.7 Å². The predicted molar refractivity (Wildman–Crippen MR) is 107 cm³/mol. The standard InChI is InChI=1S/C19H31NS2/c1-5-16(2)8-6-9-17(3)10-7-11-18(4)12-14-21-19-20-13-15-22-19/h5-7,9,11,16-18H,1,8,10,12-15H2,2-4H3. The Bertz CT molecular complexity index is 398. The smallest absolute Gasteiger partial charge is 0.124 e. The number of allylic oxidation sites excluding steroid dienone is 5. The second kappa shape index (κ2) is 12.1. The average Bonchev–Trinajstić information content (AvgIpc) is 3.00. The van der Waals surface area contributed by atoms with Crippen LogP contribution >= 0.6 is 23.5 Å². The van der Waals surface area contributed by atoms with Gasteiger partial charge in [-0.05, 0) is 37.0 Å². The Morgan fingerprint density at radius 2 is 1.82 bits per heavy atom. The van der Waals surface area contributed by atoms with Crippen LogP contribution in [-0.4, -0.2) is 22.4 Å². The molecule has 1 aliphatic rings. The highest BCUT2D eigenvalue weighted by atomic mass is 32.2. The van der Waals surface area contributed by atoms with Gasteiger partial charge in [-0.25, -0.2) is 0 Å². The van der Waals surface area contributed by atoms with E-state index in [2.05, 4.69) is 56.6 Å². The van der Waals surface area contributed by atoms with E-state index < -0.39 is 0 Å². The lowest BCUT2D eigenvalue weighted by Gasteiger charge is -2.07. The Morgan fingerprint density at radius 3 is 2.45 bits per heavy atom.